The fourth-order valence-corrected chi connectivity index (χ4v) is 7.72. The van der Waals surface area contributed by atoms with Gasteiger partial charge in [-0.3, -0.25) is 10.1 Å². The molecule has 1 saturated carbocycles. The zero-order valence-electron chi connectivity index (χ0n) is 18.0. The predicted molar refractivity (Wildman–Crippen MR) is 137 cm³/mol. The highest BCUT2D eigenvalue weighted by atomic mass is 35.5. The van der Waals surface area contributed by atoms with Gasteiger partial charge in [-0.15, -0.1) is 23.4 Å². The average Bonchev–Trinajstić information content (AvgIpc) is 3.14. The highest BCUT2D eigenvalue weighted by Gasteiger charge is 2.51. The van der Waals surface area contributed by atoms with Crippen molar-refractivity contribution in [2.24, 2.45) is 5.92 Å². The molecule has 0 amide bonds. The first-order chi connectivity index (χ1) is 16.8. The number of anilines is 1. The van der Waals surface area contributed by atoms with Gasteiger partial charge in [0, 0.05) is 38.5 Å². The molecule has 1 N–H and O–H groups in total. The molecule has 1 fully saturated rings. The van der Waals surface area contributed by atoms with Crippen molar-refractivity contribution < 1.29 is 14.8 Å². The van der Waals surface area contributed by atoms with Gasteiger partial charge < -0.3 is 15.2 Å². The Labute approximate surface area is 220 Å². The lowest BCUT2D eigenvalue weighted by Gasteiger charge is -2.39. The average molecular weight is 549 g/mol. The monoisotopic (exact) mass is 547 g/mol. The number of carboxylic acid groups (broad SMARTS) is 1. The number of carbonyl (C=O) groups is 1. The number of nitro groups is 1. The molecular formula is C25H18Cl3N2O4S-. The van der Waals surface area contributed by atoms with E-state index >= 15 is 0 Å². The summed E-state index contributed by atoms with van der Waals surface area (Å²) in [5, 5.41) is 27.3. The van der Waals surface area contributed by atoms with Crippen LogP contribution < -0.4 is 10.4 Å². The van der Waals surface area contributed by atoms with Crippen LogP contribution in [0.1, 0.15) is 39.9 Å². The highest BCUT2D eigenvalue weighted by molar-refractivity contribution is 8.00. The van der Waals surface area contributed by atoms with Crippen LogP contribution in [0.2, 0.25) is 10.0 Å². The molecule has 0 saturated heterocycles. The number of nitrogens with zero attached hydrogens (tertiary/aromatic N) is 1. The van der Waals surface area contributed by atoms with Crippen LogP contribution in [0.5, 0.6) is 0 Å². The Bertz CT molecular complexity index is 1340. The first-order valence-corrected chi connectivity index (χ1v) is 12.9. The number of rotatable bonds is 5. The number of hydrogen-bond donors (Lipinski definition) is 1. The molecule has 1 aliphatic carbocycles. The molecule has 2 aliphatic rings. The van der Waals surface area contributed by atoms with Crippen LogP contribution in [-0.2, 0) is 0 Å². The maximum absolute atomic E-state index is 11.9. The first kappa shape index (κ1) is 24.3. The standard InChI is InChI=1S/C25H19Cl3N2O4S/c26-12-8-9-13(17(27)10-12)23-16-11-20(35-19-7-2-1-6-18(19)30(33)34)22(28)21(16)14-4-3-5-15(25(31)32)24(14)29-23/h1-10,16,20-23,29H,11H2,(H,31,32)/p-1/t16-,20+,21+,22-,23-/m1/s1. The number of hydrogen-bond acceptors (Lipinski definition) is 6. The molecule has 0 unspecified atom stereocenters. The summed E-state index contributed by atoms with van der Waals surface area (Å²) in [5.41, 5.74) is 2.13. The number of aromatic carboxylic acids is 1. The molecule has 5 rings (SSSR count). The molecule has 1 aliphatic heterocycles. The van der Waals surface area contributed by atoms with E-state index in [1.54, 1.807) is 36.4 Å². The zero-order chi connectivity index (χ0) is 24.9. The van der Waals surface area contributed by atoms with E-state index in [0.717, 1.165) is 11.1 Å². The van der Waals surface area contributed by atoms with Gasteiger partial charge in [0.1, 0.15) is 0 Å². The van der Waals surface area contributed by atoms with Gasteiger partial charge in [0.25, 0.3) is 5.69 Å². The third kappa shape index (κ3) is 4.35. The summed E-state index contributed by atoms with van der Waals surface area (Å²) < 4.78 is 0. The number of benzene rings is 3. The fourth-order valence-electron chi connectivity index (χ4n) is 5.25. The maximum atomic E-state index is 11.9. The van der Waals surface area contributed by atoms with Crippen LogP contribution in [-0.4, -0.2) is 21.5 Å². The van der Waals surface area contributed by atoms with Gasteiger partial charge in [0.2, 0.25) is 0 Å². The van der Waals surface area contributed by atoms with E-state index in [9.17, 15) is 20.0 Å². The van der Waals surface area contributed by atoms with Gasteiger partial charge in [-0.2, -0.15) is 0 Å². The molecule has 3 aromatic rings. The minimum absolute atomic E-state index is 0.0336. The molecule has 6 nitrogen and oxygen atoms in total. The summed E-state index contributed by atoms with van der Waals surface area (Å²) in [6.07, 6.45) is 0.640. The van der Waals surface area contributed by atoms with E-state index in [1.807, 2.05) is 12.1 Å². The number of carbonyl (C=O) groups excluding carboxylic acids is 1. The van der Waals surface area contributed by atoms with E-state index in [4.69, 9.17) is 34.8 Å². The summed E-state index contributed by atoms with van der Waals surface area (Å²) in [6.45, 7) is 0. The minimum Gasteiger partial charge on any atom is -0.545 e. The lowest BCUT2D eigenvalue weighted by atomic mass is 9.76. The van der Waals surface area contributed by atoms with Gasteiger partial charge in [-0.05, 0) is 41.7 Å². The third-order valence-corrected chi connectivity index (χ3v) is 9.38. The lowest BCUT2D eigenvalue weighted by molar-refractivity contribution is -0.387. The number of nitrogens with one attached hydrogen (secondary N) is 1. The van der Waals surface area contributed by atoms with Gasteiger partial charge in [-0.1, -0.05) is 59.6 Å². The topological polar surface area (TPSA) is 95.3 Å². The molecule has 0 bridgehead atoms. The van der Waals surface area contributed by atoms with Crippen molar-refractivity contribution in [2.75, 3.05) is 5.32 Å². The Morgan fingerprint density at radius 3 is 2.54 bits per heavy atom. The van der Waals surface area contributed by atoms with Crippen molar-refractivity contribution in [1.82, 2.24) is 0 Å². The molecule has 10 heteroatoms. The Morgan fingerprint density at radius 2 is 1.83 bits per heavy atom. The number of fused-ring (bicyclic) bond motifs is 3. The normalized spacial score (nSPS) is 24.8. The van der Waals surface area contributed by atoms with Crippen LogP contribution >= 0.6 is 46.6 Å². The molecule has 35 heavy (non-hydrogen) atoms. The van der Waals surface area contributed by atoms with Crippen molar-refractivity contribution >= 4 is 63.9 Å². The van der Waals surface area contributed by atoms with E-state index in [-0.39, 0.29) is 34.4 Å². The van der Waals surface area contributed by atoms with E-state index in [2.05, 4.69) is 5.32 Å². The van der Waals surface area contributed by atoms with Crippen LogP contribution in [0.25, 0.3) is 0 Å². The minimum atomic E-state index is -1.29. The quantitative estimate of drug-likeness (QED) is 0.228. The largest absolute Gasteiger partial charge is 0.545 e. The molecular weight excluding hydrogens is 531 g/mol. The predicted octanol–water partition coefficient (Wildman–Crippen LogP) is 6.30. The second-order valence-corrected chi connectivity index (χ2v) is 11.2. The Hall–Kier alpha value is -2.45. The summed E-state index contributed by atoms with van der Waals surface area (Å²) in [6, 6.07) is 16.6. The van der Waals surface area contributed by atoms with Crippen molar-refractivity contribution in [3.8, 4) is 0 Å². The number of nitro benzene ring substituents is 1. The SMILES string of the molecule is O=C([O-])c1cccc2c1N[C@H](c1ccc(Cl)cc1Cl)[C@@H]1C[C@H](Sc3ccccc3[N+](=O)[O-])[C@@H](Cl)[C@@H]21. The number of para-hydroxylation sites is 2. The van der Waals surface area contributed by atoms with Gasteiger partial charge in [-0.25, -0.2) is 0 Å². The lowest BCUT2D eigenvalue weighted by Crippen LogP contribution is -2.34. The van der Waals surface area contributed by atoms with Crippen molar-refractivity contribution in [1.29, 1.82) is 0 Å². The van der Waals surface area contributed by atoms with E-state index in [0.29, 0.717) is 27.0 Å². The van der Waals surface area contributed by atoms with Crippen molar-refractivity contribution in [3.63, 3.8) is 0 Å². The molecule has 3 aromatic carbocycles. The first-order valence-electron chi connectivity index (χ1n) is 10.9. The Kier molecular flexibility index (Phi) is 6.61. The zero-order valence-corrected chi connectivity index (χ0v) is 21.1. The number of alkyl halides is 1. The van der Waals surface area contributed by atoms with E-state index in [1.165, 1.54) is 23.9 Å². The van der Waals surface area contributed by atoms with Gasteiger partial charge in [0.05, 0.1) is 27.2 Å². The van der Waals surface area contributed by atoms with Crippen LogP contribution in [0.4, 0.5) is 11.4 Å². The van der Waals surface area contributed by atoms with Crippen molar-refractivity contribution in [2.45, 2.75) is 33.9 Å². The molecule has 180 valence electrons. The number of halogens is 3. The van der Waals surface area contributed by atoms with Crippen LogP contribution in [0.3, 0.4) is 0 Å². The fraction of sp³-hybridized carbons (Fsp3) is 0.240. The highest BCUT2D eigenvalue weighted by Crippen LogP contribution is 2.59. The Balaban J connectivity index is 1.60. The van der Waals surface area contributed by atoms with Crippen molar-refractivity contribution in [3.05, 3.63) is 97.5 Å². The molecule has 0 radical (unpaired) electrons. The van der Waals surface area contributed by atoms with Crippen LogP contribution in [0, 0.1) is 16.0 Å². The summed E-state index contributed by atoms with van der Waals surface area (Å²) >= 11 is 21.2. The third-order valence-electron chi connectivity index (χ3n) is 6.71. The number of carboxylic acids is 1. The number of thioether (sulfide) groups is 1. The van der Waals surface area contributed by atoms with Gasteiger partial charge in [0.15, 0.2) is 0 Å². The van der Waals surface area contributed by atoms with Crippen LogP contribution in [0.15, 0.2) is 65.6 Å². The summed E-state index contributed by atoms with van der Waals surface area (Å²) in [4.78, 5) is 23.6. The Morgan fingerprint density at radius 1 is 1.06 bits per heavy atom. The molecule has 0 spiro atoms. The molecule has 1 heterocycles. The smallest absolute Gasteiger partial charge is 0.282 e. The second kappa shape index (κ2) is 9.54. The van der Waals surface area contributed by atoms with E-state index < -0.39 is 16.3 Å². The summed E-state index contributed by atoms with van der Waals surface area (Å²) in [5.74, 6) is -1.53. The maximum Gasteiger partial charge on any atom is 0.282 e. The summed E-state index contributed by atoms with van der Waals surface area (Å²) in [7, 11) is 0. The molecule has 5 atom stereocenters. The molecule has 0 aromatic heterocycles. The second-order valence-electron chi connectivity index (χ2n) is 8.60. The van der Waals surface area contributed by atoms with Gasteiger partial charge >= 0.3 is 0 Å².